The molecule has 0 spiro atoms. The van der Waals surface area contributed by atoms with Gasteiger partial charge in [0.2, 0.25) is 0 Å². The maximum Gasteiger partial charge on any atom is 0.408 e. The number of ketones is 1. The van der Waals surface area contributed by atoms with Crippen molar-refractivity contribution in [2.75, 3.05) is 13.1 Å². The molecule has 1 aliphatic carbocycles. The van der Waals surface area contributed by atoms with Gasteiger partial charge < -0.3 is 20.1 Å². The summed E-state index contributed by atoms with van der Waals surface area (Å²) in [6.07, 6.45) is 8.12. The van der Waals surface area contributed by atoms with Crippen LogP contribution in [0.2, 0.25) is 0 Å². The average Bonchev–Trinajstić information content (AvgIpc) is 2.83. The zero-order valence-corrected chi connectivity index (χ0v) is 21.6. The van der Waals surface area contributed by atoms with E-state index >= 15 is 0 Å². The van der Waals surface area contributed by atoms with Crippen LogP contribution < -0.4 is 10.6 Å². The van der Waals surface area contributed by atoms with Crippen LogP contribution in [0.15, 0.2) is 54.1 Å². The Bertz CT molecular complexity index is 898. The molecule has 0 saturated heterocycles. The van der Waals surface area contributed by atoms with E-state index in [1.807, 2.05) is 38.1 Å². The molecular formula is C28H40N2O5. The number of rotatable bonds is 12. The van der Waals surface area contributed by atoms with Gasteiger partial charge in [-0.05, 0) is 57.9 Å². The minimum Gasteiger partial charge on any atom is -0.459 e. The molecule has 7 nitrogen and oxygen atoms in total. The molecule has 0 unspecified atom stereocenters. The first-order chi connectivity index (χ1) is 16.6. The monoisotopic (exact) mass is 484 g/mol. The molecule has 0 bridgehead atoms. The second-order valence-electron chi connectivity index (χ2n) is 9.74. The number of alkyl carbamates (subject to hydrolysis) is 1. The van der Waals surface area contributed by atoms with E-state index in [0.29, 0.717) is 17.7 Å². The van der Waals surface area contributed by atoms with Crippen molar-refractivity contribution in [3.05, 3.63) is 59.7 Å². The van der Waals surface area contributed by atoms with Gasteiger partial charge in [-0.2, -0.15) is 0 Å². The first-order valence-electron chi connectivity index (χ1n) is 12.5. The number of Topliss-reactive ketones (excluding diaryl/α,β-unsaturated/α-hetero) is 1. The summed E-state index contributed by atoms with van der Waals surface area (Å²) in [7, 11) is 0. The van der Waals surface area contributed by atoms with E-state index in [9.17, 15) is 14.4 Å². The van der Waals surface area contributed by atoms with E-state index in [-0.39, 0.29) is 18.2 Å². The number of amides is 1. The number of allylic oxidation sites excluding steroid dienone is 3. The minimum atomic E-state index is -1.01. The fourth-order valence-corrected chi connectivity index (χ4v) is 3.94. The summed E-state index contributed by atoms with van der Waals surface area (Å²) in [5.74, 6) is -0.442. The number of esters is 1. The highest BCUT2D eigenvalue weighted by molar-refractivity contribution is 5.99. The smallest absolute Gasteiger partial charge is 0.408 e. The highest BCUT2D eigenvalue weighted by Crippen LogP contribution is 2.22. The predicted molar refractivity (Wildman–Crippen MR) is 137 cm³/mol. The molecule has 35 heavy (non-hydrogen) atoms. The van der Waals surface area contributed by atoms with Crippen molar-refractivity contribution in [2.24, 2.45) is 5.92 Å². The highest BCUT2D eigenvalue weighted by Gasteiger charge is 2.31. The summed E-state index contributed by atoms with van der Waals surface area (Å²) in [6.45, 7) is 9.89. The fourth-order valence-electron chi connectivity index (χ4n) is 3.94. The van der Waals surface area contributed by atoms with Crippen LogP contribution in [-0.4, -0.2) is 42.6 Å². The van der Waals surface area contributed by atoms with E-state index in [1.165, 1.54) is 0 Å². The fraction of sp³-hybridized carbons (Fsp3) is 0.536. The van der Waals surface area contributed by atoms with Gasteiger partial charge in [-0.3, -0.25) is 4.79 Å². The standard InChI is InChI=1S/C28H40N2O5/c1-6-20(7-2)24(19-29-18-23(31)21-14-10-8-11-15-21)34-26(32)25(22-16-12-9-13-17-22)30-27(33)35-28(3,4)5/h9-10,12-17,20,24-25,29H,6-8,11,18-19H2,1-5H3,(H,30,33)/t24-,25+/m0/s1. The lowest BCUT2D eigenvalue weighted by molar-refractivity contribution is -0.154. The van der Waals surface area contributed by atoms with Gasteiger partial charge in [0, 0.05) is 12.1 Å². The van der Waals surface area contributed by atoms with Crippen LogP contribution >= 0.6 is 0 Å². The number of ether oxygens (including phenoxy) is 2. The van der Waals surface area contributed by atoms with Crippen LogP contribution in [0.5, 0.6) is 0 Å². The van der Waals surface area contributed by atoms with Crippen molar-refractivity contribution in [2.45, 2.75) is 78.0 Å². The van der Waals surface area contributed by atoms with Gasteiger partial charge in [-0.1, -0.05) is 62.4 Å². The Kier molecular flexibility index (Phi) is 11.2. The molecule has 0 radical (unpaired) electrons. The number of nitrogens with one attached hydrogen (secondary N) is 2. The number of benzene rings is 1. The minimum absolute atomic E-state index is 0.0179. The summed E-state index contributed by atoms with van der Waals surface area (Å²) >= 11 is 0. The normalized spacial score (nSPS) is 15.2. The molecule has 1 amide bonds. The predicted octanol–water partition coefficient (Wildman–Crippen LogP) is 5.04. The SMILES string of the molecule is CCC(CC)[C@H](CNCC(=O)C1=CCCC=C1)OC(=O)[C@H](NC(=O)OC(C)(C)C)c1ccccc1. The van der Waals surface area contributed by atoms with Gasteiger partial charge in [0.05, 0.1) is 6.54 Å². The van der Waals surface area contributed by atoms with Gasteiger partial charge in [0.15, 0.2) is 11.8 Å². The molecule has 2 atom stereocenters. The number of carbonyl (C=O) groups is 3. The topological polar surface area (TPSA) is 93.7 Å². The Balaban J connectivity index is 2.11. The molecule has 2 N–H and O–H groups in total. The molecule has 7 heteroatoms. The Morgan fingerprint density at radius 1 is 1.03 bits per heavy atom. The maximum atomic E-state index is 13.3. The second kappa shape index (κ2) is 13.8. The van der Waals surface area contributed by atoms with E-state index in [4.69, 9.17) is 9.47 Å². The molecule has 0 aromatic heterocycles. The molecule has 2 rings (SSSR count). The summed E-state index contributed by atoms with van der Waals surface area (Å²) in [5.41, 5.74) is 0.614. The maximum absolute atomic E-state index is 13.3. The molecule has 1 aromatic rings. The lowest BCUT2D eigenvalue weighted by Crippen LogP contribution is -2.43. The van der Waals surface area contributed by atoms with Crippen LogP contribution in [0.1, 0.15) is 71.9 Å². The Labute approximate surface area is 209 Å². The van der Waals surface area contributed by atoms with Crippen molar-refractivity contribution in [3.63, 3.8) is 0 Å². The third-order valence-corrected chi connectivity index (χ3v) is 5.82. The molecule has 1 aliphatic rings. The molecule has 0 heterocycles. The summed E-state index contributed by atoms with van der Waals surface area (Å²) in [5, 5.41) is 5.84. The molecule has 0 fully saturated rings. The quantitative estimate of drug-likeness (QED) is 0.404. The van der Waals surface area contributed by atoms with Gasteiger partial charge in [0.25, 0.3) is 0 Å². The molecule has 192 valence electrons. The van der Waals surface area contributed by atoms with Crippen LogP contribution in [0, 0.1) is 5.92 Å². The van der Waals surface area contributed by atoms with Crippen molar-refractivity contribution in [1.82, 2.24) is 10.6 Å². The lowest BCUT2D eigenvalue weighted by Gasteiger charge is -2.28. The second-order valence-corrected chi connectivity index (χ2v) is 9.74. The molecular weight excluding hydrogens is 444 g/mol. The number of hydrogen-bond donors (Lipinski definition) is 2. The van der Waals surface area contributed by atoms with Crippen LogP contribution in [0.4, 0.5) is 4.79 Å². The zero-order chi connectivity index (χ0) is 25.8. The first-order valence-corrected chi connectivity index (χ1v) is 12.5. The van der Waals surface area contributed by atoms with Crippen molar-refractivity contribution in [3.8, 4) is 0 Å². The van der Waals surface area contributed by atoms with Gasteiger partial charge >= 0.3 is 12.1 Å². The molecule has 0 saturated carbocycles. The van der Waals surface area contributed by atoms with E-state index in [0.717, 1.165) is 25.7 Å². The molecule has 1 aromatic carbocycles. The van der Waals surface area contributed by atoms with Crippen molar-refractivity contribution < 1.29 is 23.9 Å². The zero-order valence-electron chi connectivity index (χ0n) is 21.6. The van der Waals surface area contributed by atoms with Gasteiger partial charge in [-0.15, -0.1) is 0 Å². The Morgan fingerprint density at radius 2 is 1.71 bits per heavy atom. The van der Waals surface area contributed by atoms with Crippen molar-refractivity contribution >= 4 is 17.8 Å². The highest BCUT2D eigenvalue weighted by atomic mass is 16.6. The third-order valence-electron chi connectivity index (χ3n) is 5.82. The van der Waals surface area contributed by atoms with Crippen LogP contribution in [0.3, 0.4) is 0 Å². The molecule has 0 aliphatic heterocycles. The summed E-state index contributed by atoms with van der Waals surface area (Å²) in [6, 6.07) is 7.94. The van der Waals surface area contributed by atoms with Gasteiger partial charge in [0.1, 0.15) is 11.7 Å². The first kappa shape index (κ1) is 28.3. The van der Waals surface area contributed by atoms with Crippen LogP contribution in [-0.2, 0) is 19.1 Å². The Morgan fingerprint density at radius 3 is 2.29 bits per heavy atom. The Hall–Kier alpha value is -2.93. The van der Waals surface area contributed by atoms with Gasteiger partial charge in [-0.25, -0.2) is 9.59 Å². The summed E-state index contributed by atoms with van der Waals surface area (Å²) < 4.78 is 11.3. The van der Waals surface area contributed by atoms with Crippen LogP contribution in [0.25, 0.3) is 0 Å². The third kappa shape index (κ3) is 9.68. The number of carbonyl (C=O) groups excluding carboxylic acids is 3. The largest absolute Gasteiger partial charge is 0.459 e. The van der Waals surface area contributed by atoms with E-state index in [1.54, 1.807) is 45.0 Å². The van der Waals surface area contributed by atoms with E-state index < -0.39 is 29.8 Å². The van der Waals surface area contributed by atoms with E-state index in [2.05, 4.69) is 10.6 Å². The number of hydrogen-bond acceptors (Lipinski definition) is 6. The lowest BCUT2D eigenvalue weighted by atomic mass is 9.96. The summed E-state index contributed by atoms with van der Waals surface area (Å²) in [4.78, 5) is 38.3. The average molecular weight is 485 g/mol. The van der Waals surface area contributed by atoms with Crippen molar-refractivity contribution in [1.29, 1.82) is 0 Å².